The summed E-state index contributed by atoms with van der Waals surface area (Å²) < 4.78 is 5.45. The van der Waals surface area contributed by atoms with Gasteiger partial charge in [-0.1, -0.05) is 25.4 Å². The van der Waals surface area contributed by atoms with E-state index in [9.17, 15) is 9.59 Å². The van der Waals surface area contributed by atoms with Crippen molar-refractivity contribution in [2.45, 2.75) is 32.9 Å². The van der Waals surface area contributed by atoms with Crippen LogP contribution in [0.3, 0.4) is 0 Å². The minimum absolute atomic E-state index is 0.0331. The third-order valence-corrected chi connectivity index (χ3v) is 3.98. The van der Waals surface area contributed by atoms with E-state index in [1.807, 2.05) is 20.8 Å². The van der Waals surface area contributed by atoms with Crippen LogP contribution < -0.4 is 16.6 Å². The lowest BCUT2D eigenvalue weighted by atomic mass is 9.88. The van der Waals surface area contributed by atoms with E-state index in [4.69, 9.17) is 17.3 Å². The third kappa shape index (κ3) is 3.95. The minimum Gasteiger partial charge on any atom is -0.468 e. The summed E-state index contributed by atoms with van der Waals surface area (Å²) in [6.45, 7) is 6.05. The summed E-state index contributed by atoms with van der Waals surface area (Å²) in [6.07, 6.45) is 1.41. The number of ether oxygens (including phenoxy) is 1. The number of methoxy groups -OCH3 is 1. The first-order valence-electron chi connectivity index (χ1n) is 6.56. The van der Waals surface area contributed by atoms with Gasteiger partial charge in [0.1, 0.15) is 11.6 Å². The van der Waals surface area contributed by atoms with Crippen LogP contribution in [0.4, 0.5) is 5.69 Å². The van der Waals surface area contributed by atoms with Crippen molar-refractivity contribution in [3.63, 3.8) is 0 Å². The number of halogens is 1. The molecule has 0 saturated heterocycles. The van der Waals surface area contributed by atoms with E-state index in [1.54, 1.807) is 0 Å². The molecular weight excluding hydrogens is 296 g/mol. The van der Waals surface area contributed by atoms with Gasteiger partial charge in [-0.3, -0.25) is 9.59 Å². The van der Waals surface area contributed by atoms with Gasteiger partial charge in [0.2, 0.25) is 0 Å². The lowest BCUT2D eigenvalue weighted by Crippen LogP contribution is -2.47. The molecule has 0 fully saturated rings. The zero-order valence-corrected chi connectivity index (χ0v) is 13.4. The van der Waals surface area contributed by atoms with Crippen LogP contribution in [0.25, 0.3) is 0 Å². The van der Waals surface area contributed by atoms with Gasteiger partial charge in [0.15, 0.2) is 0 Å². The van der Waals surface area contributed by atoms with Crippen LogP contribution in [0.1, 0.15) is 20.8 Å². The Balaban J connectivity index is 3.10. The lowest BCUT2D eigenvalue weighted by molar-refractivity contribution is -0.141. The number of nitrogens with one attached hydrogen (secondary N) is 1. The number of rotatable bonds is 6. The van der Waals surface area contributed by atoms with Crippen molar-refractivity contribution >= 4 is 23.3 Å². The Morgan fingerprint density at radius 2 is 2.24 bits per heavy atom. The molecule has 21 heavy (non-hydrogen) atoms. The van der Waals surface area contributed by atoms with Crippen molar-refractivity contribution < 1.29 is 9.53 Å². The van der Waals surface area contributed by atoms with Crippen molar-refractivity contribution in [3.8, 4) is 0 Å². The van der Waals surface area contributed by atoms with Crippen LogP contribution in [-0.4, -0.2) is 34.9 Å². The smallest absolute Gasteiger partial charge is 0.327 e. The molecule has 0 amide bonds. The molecule has 0 aliphatic rings. The molecule has 0 aliphatic carbocycles. The molecule has 1 aromatic rings. The van der Waals surface area contributed by atoms with Crippen LogP contribution in [0.5, 0.6) is 0 Å². The van der Waals surface area contributed by atoms with E-state index < -0.39 is 17.1 Å². The summed E-state index contributed by atoms with van der Waals surface area (Å²) >= 11 is 6.06. The van der Waals surface area contributed by atoms with Crippen LogP contribution in [-0.2, 0) is 16.1 Å². The van der Waals surface area contributed by atoms with Gasteiger partial charge in [-0.05, 0) is 12.8 Å². The van der Waals surface area contributed by atoms with Gasteiger partial charge in [0, 0.05) is 12.1 Å². The Hall–Kier alpha value is -1.60. The summed E-state index contributed by atoms with van der Waals surface area (Å²) in [5, 5.41) is 7.05. The number of aromatic nitrogens is 2. The first-order chi connectivity index (χ1) is 9.75. The number of carbonyl (C=O) groups excluding carboxylic acids is 1. The molecule has 1 heterocycles. The van der Waals surface area contributed by atoms with Crippen molar-refractivity contribution in [1.29, 1.82) is 0 Å². The number of carbonyl (C=O) groups is 1. The number of esters is 1. The van der Waals surface area contributed by atoms with E-state index in [2.05, 4.69) is 15.2 Å². The van der Waals surface area contributed by atoms with E-state index >= 15 is 0 Å². The first kappa shape index (κ1) is 17.5. The van der Waals surface area contributed by atoms with Crippen LogP contribution >= 0.6 is 11.6 Å². The van der Waals surface area contributed by atoms with E-state index in [-0.39, 0.29) is 17.5 Å². The molecule has 3 N–H and O–H groups in total. The van der Waals surface area contributed by atoms with E-state index in [0.717, 1.165) is 4.68 Å². The highest BCUT2D eigenvalue weighted by molar-refractivity contribution is 6.32. The molecule has 0 saturated carbocycles. The SMILES string of the molecule is COC(=O)Cn1ncc(NC(C)(CN)C(C)C)c(Cl)c1=O. The summed E-state index contributed by atoms with van der Waals surface area (Å²) in [4.78, 5) is 23.3. The first-order valence-corrected chi connectivity index (χ1v) is 6.93. The molecule has 1 aromatic heterocycles. The fourth-order valence-corrected chi connectivity index (χ4v) is 1.78. The van der Waals surface area contributed by atoms with Crippen molar-refractivity contribution in [2.24, 2.45) is 11.7 Å². The number of nitrogens with zero attached hydrogens (tertiary/aromatic N) is 2. The van der Waals surface area contributed by atoms with Crippen molar-refractivity contribution in [2.75, 3.05) is 19.0 Å². The predicted molar refractivity (Wildman–Crippen MR) is 81.4 cm³/mol. The molecule has 0 aliphatic heterocycles. The molecule has 0 radical (unpaired) electrons. The van der Waals surface area contributed by atoms with E-state index in [1.165, 1.54) is 13.3 Å². The van der Waals surface area contributed by atoms with Crippen LogP contribution in [0, 0.1) is 5.92 Å². The monoisotopic (exact) mass is 316 g/mol. The molecule has 7 nitrogen and oxygen atoms in total. The highest BCUT2D eigenvalue weighted by Crippen LogP contribution is 2.24. The summed E-state index contributed by atoms with van der Waals surface area (Å²) in [5.41, 5.74) is 5.20. The Morgan fingerprint density at radius 1 is 1.62 bits per heavy atom. The highest BCUT2D eigenvalue weighted by atomic mass is 35.5. The standard InChI is InChI=1S/C13H21ClN4O3/c1-8(2)13(3,7-15)17-9-5-16-18(6-10(19)21-4)12(20)11(9)14/h5,8,17H,6-7,15H2,1-4H3. The zero-order chi connectivity index (χ0) is 16.2. The van der Waals surface area contributed by atoms with Gasteiger partial charge in [0.05, 0.1) is 19.0 Å². The normalized spacial score (nSPS) is 13.9. The third-order valence-electron chi connectivity index (χ3n) is 3.61. The topological polar surface area (TPSA) is 99.2 Å². The maximum absolute atomic E-state index is 12.1. The summed E-state index contributed by atoms with van der Waals surface area (Å²) in [7, 11) is 1.24. The Labute approximate surface area is 128 Å². The number of hydrogen-bond acceptors (Lipinski definition) is 6. The molecule has 1 atom stereocenters. The second kappa shape index (κ2) is 6.91. The fourth-order valence-electron chi connectivity index (χ4n) is 1.59. The molecule has 0 spiro atoms. The van der Waals surface area contributed by atoms with Gasteiger partial charge in [-0.25, -0.2) is 4.68 Å². The average Bonchev–Trinajstić information content (AvgIpc) is 2.46. The second-order valence-electron chi connectivity index (χ2n) is 5.31. The highest BCUT2D eigenvalue weighted by Gasteiger charge is 2.28. The predicted octanol–water partition coefficient (Wildman–Crippen LogP) is 0.855. The molecule has 118 valence electrons. The number of nitrogens with two attached hydrogens (primary N) is 1. The number of hydrogen-bond donors (Lipinski definition) is 2. The van der Waals surface area contributed by atoms with Crippen LogP contribution in [0.15, 0.2) is 11.0 Å². The van der Waals surface area contributed by atoms with Gasteiger partial charge >= 0.3 is 5.97 Å². The second-order valence-corrected chi connectivity index (χ2v) is 5.69. The fraction of sp³-hybridized carbons (Fsp3) is 0.615. The van der Waals surface area contributed by atoms with Gasteiger partial charge in [0.25, 0.3) is 5.56 Å². The molecule has 0 bridgehead atoms. The minimum atomic E-state index is -0.574. The quantitative estimate of drug-likeness (QED) is 0.755. The maximum Gasteiger partial charge on any atom is 0.327 e. The summed E-state index contributed by atoms with van der Waals surface area (Å²) in [5.74, 6) is -0.355. The number of anilines is 1. The zero-order valence-electron chi connectivity index (χ0n) is 12.6. The van der Waals surface area contributed by atoms with Gasteiger partial charge < -0.3 is 15.8 Å². The molecular formula is C13H21ClN4O3. The Bertz CT molecular complexity index is 573. The Morgan fingerprint density at radius 3 is 2.71 bits per heavy atom. The molecule has 8 heteroatoms. The largest absolute Gasteiger partial charge is 0.468 e. The molecule has 0 aromatic carbocycles. The maximum atomic E-state index is 12.1. The van der Waals surface area contributed by atoms with Crippen LogP contribution in [0.2, 0.25) is 5.02 Å². The summed E-state index contributed by atoms with van der Waals surface area (Å²) in [6, 6.07) is 0. The Kier molecular flexibility index (Phi) is 5.74. The van der Waals surface area contributed by atoms with Crippen molar-refractivity contribution in [3.05, 3.63) is 21.6 Å². The van der Waals surface area contributed by atoms with Crippen molar-refractivity contribution in [1.82, 2.24) is 9.78 Å². The lowest BCUT2D eigenvalue weighted by Gasteiger charge is -2.34. The van der Waals surface area contributed by atoms with E-state index in [0.29, 0.717) is 12.2 Å². The molecule has 1 unspecified atom stereocenters. The molecule has 1 rings (SSSR count). The van der Waals surface area contributed by atoms with Gasteiger partial charge in [-0.2, -0.15) is 5.10 Å². The van der Waals surface area contributed by atoms with Gasteiger partial charge in [-0.15, -0.1) is 0 Å². The average molecular weight is 317 g/mol.